The Hall–Kier alpha value is -3.71. The number of hydrogen-bond acceptors (Lipinski definition) is 3. The number of nitrogens with one attached hydrogen (secondary N) is 2. The summed E-state index contributed by atoms with van der Waals surface area (Å²) >= 11 is 5.84. The van der Waals surface area contributed by atoms with Gasteiger partial charge >= 0.3 is 5.91 Å². The van der Waals surface area contributed by atoms with E-state index in [1.165, 1.54) is 18.2 Å². The summed E-state index contributed by atoms with van der Waals surface area (Å²) in [5.41, 5.74) is 2.23. The van der Waals surface area contributed by atoms with Gasteiger partial charge in [-0.3, -0.25) is 19.9 Å². The zero-order chi connectivity index (χ0) is 19.7. The summed E-state index contributed by atoms with van der Waals surface area (Å²) in [5, 5.41) is 13.9. The van der Waals surface area contributed by atoms with Crippen LogP contribution in [0.15, 0.2) is 72.9 Å². The fourth-order valence-electron chi connectivity index (χ4n) is 2.96. The molecule has 0 radical (unpaired) electrons. The zero-order valence-electron chi connectivity index (χ0n) is 14.4. The van der Waals surface area contributed by atoms with E-state index in [2.05, 4.69) is 10.3 Å². The first-order chi connectivity index (χ1) is 13.5. The van der Waals surface area contributed by atoms with Gasteiger partial charge in [-0.1, -0.05) is 48.0 Å². The quantitative estimate of drug-likeness (QED) is 0.308. The summed E-state index contributed by atoms with van der Waals surface area (Å²) < 4.78 is 1.81. The molecule has 0 saturated carbocycles. The van der Waals surface area contributed by atoms with E-state index < -0.39 is 10.8 Å². The fraction of sp³-hybridized carbons (Fsp3) is 0. The number of carbonyl (C=O) groups is 1. The van der Waals surface area contributed by atoms with E-state index >= 15 is 0 Å². The van der Waals surface area contributed by atoms with Crippen molar-refractivity contribution in [3.63, 3.8) is 0 Å². The van der Waals surface area contributed by atoms with Gasteiger partial charge in [-0.2, -0.15) is 0 Å². The molecule has 138 valence electrons. The van der Waals surface area contributed by atoms with Crippen molar-refractivity contribution < 1.29 is 14.1 Å². The fourth-order valence-corrected chi connectivity index (χ4v) is 3.14. The summed E-state index contributed by atoms with van der Waals surface area (Å²) in [4.78, 5) is 26.6. The lowest BCUT2D eigenvalue weighted by Gasteiger charge is -2.03. The highest BCUT2D eigenvalue weighted by Gasteiger charge is 2.24. The zero-order valence-corrected chi connectivity index (χ0v) is 15.2. The molecule has 4 aromatic rings. The lowest BCUT2D eigenvalue weighted by Crippen LogP contribution is -2.26. The average Bonchev–Trinajstić information content (AvgIpc) is 3.07. The number of rotatable bonds is 4. The standard InChI is InChI=1S/C20H13ClN4O3/c21-15-10-9-14(12-16(15)25(27)28)20(26)23-19-18(13-6-2-1-3-7-13)22-17-8-4-5-11-24(17)19/h1-12H,(H,23,26)/p+1. The Balaban J connectivity index is 1.79. The summed E-state index contributed by atoms with van der Waals surface area (Å²) in [5.74, 6) is 0.0543. The molecule has 2 aromatic heterocycles. The van der Waals surface area contributed by atoms with Crippen LogP contribution in [0.3, 0.4) is 0 Å². The molecule has 2 heterocycles. The van der Waals surface area contributed by atoms with Crippen LogP contribution in [0.25, 0.3) is 16.9 Å². The number of carbonyl (C=O) groups excluding carboxylic acids is 1. The minimum absolute atomic E-state index is 0.0204. The molecular weight excluding hydrogens is 380 g/mol. The van der Waals surface area contributed by atoms with Crippen molar-refractivity contribution in [2.45, 2.75) is 0 Å². The highest BCUT2D eigenvalue weighted by molar-refractivity contribution is 6.32. The summed E-state index contributed by atoms with van der Waals surface area (Å²) in [6.07, 6.45) is 1.82. The number of hydrogen-bond donors (Lipinski definition) is 2. The number of H-pyrrole nitrogens is 1. The predicted octanol–water partition coefficient (Wildman–Crippen LogP) is 4.23. The number of nitrogens with zero attached hydrogens (tertiary/aromatic N) is 2. The molecule has 8 heteroatoms. The monoisotopic (exact) mass is 393 g/mol. The second kappa shape index (κ2) is 7.13. The summed E-state index contributed by atoms with van der Waals surface area (Å²) in [6, 6.07) is 19.1. The molecule has 7 nitrogen and oxygen atoms in total. The van der Waals surface area contributed by atoms with Crippen LogP contribution in [0, 0.1) is 10.1 Å². The Morgan fingerprint density at radius 3 is 2.57 bits per heavy atom. The van der Waals surface area contributed by atoms with Gasteiger partial charge in [0.2, 0.25) is 5.65 Å². The van der Waals surface area contributed by atoms with Crippen LogP contribution in [-0.4, -0.2) is 15.8 Å². The van der Waals surface area contributed by atoms with E-state index in [1.54, 1.807) is 0 Å². The third-order valence-electron chi connectivity index (χ3n) is 4.29. The van der Waals surface area contributed by atoms with Crippen LogP contribution < -0.4 is 9.72 Å². The van der Waals surface area contributed by atoms with Crippen LogP contribution in [0.2, 0.25) is 5.02 Å². The molecule has 0 aliphatic heterocycles. The van der Waals surface area contributed by atoms with Gasteiger partial charge in [-0.15, -0.1) is 0 Å². The molecule has 0 aliphatic rings. The highest BCUT2D eigenvalue weighted by Crippen LogP contribution is 2.27. The van der Waals surface area contributed by atoms with Crippen molar-refractivity contribution in [3.8, 4) is 11.3 Å². The van der Waals surface area contributed by atoms with Gasteiger partial charge in [0, 0.05) is 17.7 Å². The molecule has 0 atom stereocenters. The lowest BCUT2D eigenvalue weighted by molar-refractivity contribution is -0.493. The molecule has 2 aromatic carbocycles. The Bertz CT molecular complexity index is 1200. The number of halogens is 1. The first-order valence-corrected chi connectivity index (χ1v) is 8.75. The number of fused-ring (bicyclic) bond motifs is 1. The molecule has 0 spiro atoms. The number of aromatic amines is 1. The van der Waals surface area contributed by atoms with Crippen LogP contribution >= 0.6 is 11.6 Å². The van der Waals surface area contributed by atoms with E-state index in [0.717, 1.165) is 16.9 Å². The number of aromatic nitrogens is 2. The molecule has 4 rings (SSSR count). The number of imidazole rings is 1. The molecule has 28 heavy (non-hydrogen) atoms. The van der Waals surface area contributed by atoms with E-state index in [4.69, 9.17) is 11.6 Å². The maximum absolute atomic E-state index is 12.8. The first-order valence-electron chi connectivity index (χ1n) is 8.37. The maximum Gasteiger partial charge on any atom is 0.312 e. The third-order valence-corrected chi connectivity index (χ3v) is 4.61. The number of anilines is 1. The van der Waals surface area contributed by atoms with Crippen LogP contribution in [0.4, 0.5) is 11.5 Å². The number of pyridine rings is 1. The number of nitro benzene ring substituents is 1. The van der Waals surface area contributed by atoms with Gasteiger partial charge in [0.25, 0.3) is 11.5 Å². The van der Waals surface area contributed by atoms with Crippen molar-refractivity contribution >= 4 is 34.7 Å². The van der Waals surface area contributed by atoms with Gasteiger partial charge in [0.05, 0.1) is 16.7 Å². The Morgan fingerprint density at radius 2 is 1.82 bits per heavy atom. The van der Waals surface area contributed by atoms with Crippen molar-refractivity contribution in [3.05, 3.63) is 93.6 Å². The summed E-state index contributed by atoms with van der Waals surface area (Å²) in [7, 11) is 0. The SMILES string of the molecule is O=C(Nc1c(-c2ccccc2)[nH]c2cccc[n+]12)c1ccc(Cl)c([N+](=O)[O-])c1. The van der Waals surface area contributed by atoms with Crippen molar-refractivity contribution in [1.29, 1.82) is 0 Å². The van der Waals surface area contributed by atoms with Gasteiger partial charge in [0.15, 0.2) is 5.69 Å². The number of benzene rings is 2. The van der Waals surface area contributed by atoms with E-state index in [1.807, 2.05) is 59.1 Å². The largest absolute Gasteiger partial charge is 0.312 e. The second-order valence-electron chi connectivity index (χ2n) is 6.05. The molecule has 1 amide bonds. The maximum atomic E-state index is 12.8. The Labute approximate surface area is 164 Å². The Morgan fingerprint density at radius 1 is 1.07 bits per heavy atom. The normalized spacial score (nSPS) is 10.8. The molecule has 0 bridgehead atoms. The minimum Gasteiger partial charge on any atom is -0.267 e. The van der Waals surface area contributed by atoms with E-state index in [9.17, 15) is 14.9 Å². The highest BCUT2D eigenvalue weighted by atomic mass is 35.5. The van der Waals surface area contributed by atoms with Gasteiger partial charge < -0.3 is 0 Å². The van der Waals surface area contributed by atoms with Crippen LogP contribution in [0.5, 0.6) is 0 Å². The predicted molar refractivity (Wildman–Crippen MR) is 105 cm³/mol. The van der Waals surface area contributed by atoms with Crippen LogP contribution in [-0.2, 0) is 0 Å². The van der Waals surface area contributed by atoms with Crippen molar-refractivity contribution in [2.75, 3.05) is 5.32 Å². The molecule has 2 N–H and O–H groups in total. The van der Waals surface area contributed by atoms with E-state index in [-0.39, 0.29) is 16.3 Å². The minimum atomic E-state index is -0.616. The molecule has 0 fully saturated rings. The number of nitro groups is 1. The molecule has 0 saturated heterocycles. The Kier molecular flexibility index (Phi) is 4.50. The van der Waals surface area contributed by atoms with Crippen LogP contribution in [0.1, 0.15) is 10.4 Å². The third kappa shape index (κ3) is 3.19. The van der Waals surface area contributed by atoms with Gasteiger partial charge in [-0.05, 0) is 18.2 Å². The van der Waals surface area contributed by atoms with Gasteiger partial charge in [0.1, 0.15) is 5.02 Å². The lowest BCUT2D eigenvalue weighted by atomic mass is 10.1. The average molecular weight is 394 g/mol. The summed E-state index contributed by atoms with van der Waals surface area (Å²) in [6.45, 7) is 0. The van der Waals surface area contributed by atoms with Crippen molar-refractivity contribution in [1.82, 2.24) is 4.98 Å². The van der Waals surface area contributed by atoms with E-state index in [0.29, 0.717) is 5.82 Å². The van der Waals surface area contributed by atoms with Gasteiger partial charge in [-0.25, -0.2) is 9.72 Å². The second-order valence-corrected chi connectivity index (χ2v) is 6.46. The topological polar surface area (TPSA) is 92.1 Å². The first kappa shape index (κ1) is 17.7. The molecule has 0 aliphatic carbocycles. The molecular formula is C20H14ClN4O3+. The smallest absolute Gasteiger partial charge is 0.267 e. The number of amides is 1. The molecule has 0 unspecified atom stereocenters. The van der Waals surface area contributed by atoms with Crippen molar-refractivity contribution in [2.24, 2.45) is 0 Å².